The van der Waals surface area contributed by atoms with E-state index in [2.05, 4.69) is 36.6 Å². The fraction of sp³-hybridized carbons (Fsp3) is 0.231. The standard InChI is InChI=1S/C13H16N2/c1-10(2)15-9-8-12(13(15)14)11-6-4-3-5-7-11/h3-10H,14H2,1-2H3. The van der Waals surface area contributed by atoms with Gasteiger partial charge in [-0.05, 0) is 25.5 Å². The summed E-state index contributed by atoms with van der Waals surface area (Å²) in [4.78, 5) is 0. The lowest BCUT2D eigenvalue weighted by Crippen LogP contribution is -2.04. The van der Waals surface area contributed by atoms with E-state index in [1.807, 2.05) is 24.4 Å². The van der Waals surface area contributed by atoms with Crippen molar-refractivity contribution in [2.75, 3.05) is 5.73 Å². The predicted molar refractivity (Wildman–Crippen MR) is 64.7 cm³/mol. The molecule has 0 amide bonds. The molecule has 2 heteroatoms. The first-order valence-electron chi connectivity index (χ1n) is 5.22. The van der Waals surface area contributed by atoms with Crippen molar-refractivity contribution in [2.24, 2.45) is 0 Å². The highest BCUT2D eigenvalue weighted by Gasteiger charge is 2.08. The smallest absolute Gasteiger partial charge is 0.111 e. The monoisotopic (exact) mass is 200 g/mol. The van der Waals surface area contributed by atoms with E-state index in [0.29, 0.717) is 6.04 Å². The van der Waals surface area contributed by atoms with Crippen molar-refractivity contribution in [2.45, 2.75) is 19.9 Å². The van der Waals surface area contributed by atoms with Crippen LogP contribution in [0.15, 0.2) is 42.6 Å². The average Bonchev–Trinajstić information content (AvgIpc) is 2.61. The molecule has 0 aliphatic rings. The second-order valence-corrected chi connectivity index (χ2v) is 3.98. The predicted octanol–water partition coefficient (Wildman–Crippen LogP) is 3.32. The molecule has 0 aliphatic carbocycles. The third-order valence-corrected chi connectivity index (χ3v) is 2.60. The Morgan fingerprint density at radius 3 is 2.27 bits per heavy atom. The van der Waals surface area contributed by atoms with Gasteiger partial charge in [-0.3, -0.25) is 0 Å². The maximum atomic E-state index is 6.10. The van der Waals surface area contributed by atoms with Gasteiger partial charge in [-0.1, -0.05) is 30.3 Å². The van der Waals surface area contributed by atoms with Crippen LogP contribution in [0.25, 0.3) is 11.1 Å². The summed E-state index contributed by atoms with van der Waals surface area (Å²) in [5.41, 5.74) is 8.39. The van der Waals surface area contributed by atoms with Gasteiger partial charge in [0.15, 0.2) is 0 Å². The number of anilines is 1. The summed E-state index contributed by atoms with van der Waals surface area (Å²) < 4.78 is 2.09. The van der Waals surface area contributed by atoms with E-state index in [-0.39, 0.29) is 0 Å². The molecule has 0 spiro atoms. The van der Waals surface area contributed by atoms with Crippen LogP contribution in [0.3, 0.4) is 0 Å². The highest BCUT2D eigenvalue weighted by atomic mass is 15.1. The SMILES string of the molecule is CC(C)n1ccc(-c2ccccc2)c1N. The Labute approximate surface area is 90.3 Å². The number of hydrogen-bond donors (Lipinski definition) is 1. The Bertz CT molecular complexity index is 441. The van der Waals surface area contributed by atoms with Crippen molar-refractivity contribution in [1.82, 2.24) is 4.57 Å². The highest BCUT2D eigenvalue weighted by molar-refractivity contribution is 5.74. The number of nitrogens with two attached hydrogens (primary N) is 1. The molecule has 0 aliphatic heterocycles. The lowest BCUT2D eigenvalue weighted by molar-refractivity contribution is 0.612. The molecule has 1 heterocycles. The maximum absolute atomic E-state index is 6.10. The van der Waals surface area contributed by atoms with Crippen LogP contribution >= 0.6 is 0 Å². The molecule has 2 rings (SSSR count). The number of nitrogens with zero attached hydrogens (tertiary/aromatic N) is 1. The van der Waals surface area contributed by atoms with Crippen molar-refractivity contribution in [1.29, 1.82) is 0 Å². The molecule has 0 atom stereocenters. The molecule has 0 bridgehead atoms. The number of aromatic nitrogens is 1. The summed E-state index contributed by atoms with van der Waals surface area (Å²) in [5, 5.41) is 0. The molecule has 2 aromatic rings. The van der Waals surface area contributed by atoms with E-state index < -0.39 is 0 Å². The normalized spacial score (nSPS) is 10.9. The first-order chi connectivity index (χ1) is 7.20. The van der Waals surface area contributed by atoms with Gasteiger partial charge in [0.2, 0.25) is 0 Å². The van der Waals surface area contributed by atoms with Gasteiger partial charge in [0, 0.05) is 17.8 Å². The third kappa shape index (κ3) is 1.75. The summed E-state index contributed by atoms with van der Waals surface area (Å²) in [6.45, 7) is 4.26. The summed E-state index contributed by atoms with van der Waals surface area (Å²) >= 11 is 0. The Morgan fingerprint density at radius 1 is 1.07 bits per heavy atom. The molecule has 78 valence electrons. The highest BCUT2D eigenvalue weighted by Crippen LogP contribution is 2.28. The summed E-state index contributed by atoms with van der Waals surface area (Å²) in [7, 11) is 0. The molecule has 1 aromatic carbocycles. The second kappa shape index (κ2) is 3.81. The van der Waals surface area contributed by atoms with Crippen LogP contribution in [0.5, 0.6) is 0 Å². The van der Waals surface area contributed by atoms with Crippen LogP contribution in [0, 0.1) is 0 Å². The first-order valence-corrected chi connectivity index (χ1v) is 5.22. The minimum Gasteiger partial charge on any atom is -0.385 e. The number of nitrogen functional groups attached to an aromatic ring is 1. The van der Waals surface area contributed by atoms with E-state index in [1.54, 1.807) is 0 Å². The topological polar surface area (TPSA) is 30.9 Å². The molecule has 1 aromatic heterocycles. The zero-order valence-corrected chi connectivity index (χ0v) is 9.14. The van der Waals surface area contributed by atoms with E-state index in [9.17, 15) is 0 Å². The Kier molecular flexibility index (Phi) is 2.50. The van der Waals surface area contributed by atoms with Gasteiger partial charge in [-0.25, -0.2) is 0 Å². The third-order valence-electron chi connectivity index (χ3n) is 2.60. The van der Waals surface area contributed by atoms with Gasteiger partial charge in [-0.15, -0.1) is 0 Å². The zero-order valence-electron chi connectivity index (χ0n) is 9.14. The largest absolute Gasteiger partial charge is 0.385 e. The minimum atomic E-state index is 0.405. The van der Waals surface area contributed by atoms with Crippen molar-refractivity contribution < 1.29 is 0 Å². The van der Waals surface area contributed by atoms with Crippen molar-refractivity contribution in [3.05, 3.63) is 42.6 Å². The van der Waals surface area contributed by atoms with Crippen molar-refractivity contribution in [3.63, 3.8) is 0 Å². The van der Waals surface area contributed by atoms with Crippen LogP contribution in [0.2, 0.25) is 0 Å². The van der Waals surface area contributed by atoms with E-state index >= 15 is 0 Å². The second-order valence-electron chi connectivity index (χ2n) is 3.98. The number of hydrogen-bond acceptors (Lipinski definition) is 1. The van der Waals surface area contributed by atoms with Crippen LogP contribution in [-0.2, 0) is 0 Å². The van der Waals surface area contributed by atoms with E-state index in [0.717, 1.165) is 11.4 Å². The fourth-order valence-electron chi connectivity index (χ4n) is 1.77. The lowest BCUT2D eigenvalue weighted by atomic mass is 10.1. The Morgan fingerprint density at radius 2 is 1.73 bits per heavy atom. The number of benzene rings is 1. The fourth-order valence-corrected chi connectivity index (χ4v) is 1.77. The molecule has 0 fully saturated rings. The Hall–Kier alpha value is -1.70. The average molecular weight is 200 g/mol. The minimum absolute atomic E-state index is 0.405. The van der Waals surface area contributed by atoms with Crippen LogP contribution in [0.1, 0.15) is 19.9 Å². The summed E-state index contributed by atoms with van der Waals surface area (Å²) in [6.07, 6.45) is 2.04. The molecule has 2 nitrogen and oxygen atoms in total. The number of rotatable bonds is 2. The summed E-state index contributed by atoms with van der Waals surface area (Å²) in [6, 6.07) is 12.7. The molecule has 0 saturated heterocycles. The van der Waals surface area contributed by atoms with Crippen molar-refractivity contribution in [3.8, 4) is 11.1 Å². The van der Waals surface area contributed by atoms with Gasteiger partial charge < -0.3 is 10.3 Å². The van der Waals surface area contributed by atoms with Gasteiger partial charge in [0.1, 0.15) is 5.82 Å². The lowest BCUT2D eigenvalue weighted by Gasteiger charge is -2.10. The maximum Gasteiger partial charge on any atom is 0.111 e. The summed E-state index contributed by atoms with van der Waals surface area (Å²) in [5.74, 6) is 0.844. The van der Waals surface area contributed by atoms with Gasteiger partial charge in [-0.2, -0.15) is 0 Å². The van der Waals surface area contributed by atoms with Crippen LogP contribution in [0.4, 0.5) is 5.82 Å². The molecule has 2 N–H and O–H groups in total. The van der Waals surface area contributed by atoms with E-state index in [1.165, 1.54) is 5.56 Å². The molecule has 0 unspecified atom stereocenters. The zero-order chi connectivity index (χ0) is 10.8. The molecule has 0 saturated carbocycles. The van der Waals surface area contributed by atoms with Gasteiger partial charge in [0.25, 0.3) is 0 Å². The van der Waals surface area contributed by atoms with E-state index in [4.69, 9.17) is 5.73 Å². The quantitative estimate of drug-likeness (QED) is 0.792. The molecular formula is C13H16N2. The van der Waals surface area contributed by atoms with Gasteiger partial charge >= 0.3 is 0 Å². The van der Waals surface area contributed by atoms with Crippen LogP contribution in [-0.4, -0.2) is 4.57 Å². The molecular weight excluding hydrogens is 184 g/mol. The Balaban J connectivity index is 2.47. The molecule has 15 heavy (non-hydrogen) atoms. The van der Waals surface area contributed by atoms with Gasteiger partial charge in [0.05, 0.1) is 0 Å². The first kappa shape index (κ1) is 9.84. The molecule has 0 radical (unpaired) electrons. The van der Waals surface area contributed by atoms with Crippen LogP contribution < -0.4 is 5.73 Å². The van der Waals surface area contributed by atoms with Crippen molar-refractivity contribution >= 4 is 5.82 Å².